The van der Waals surface area contributed by atoms with Gasteiger partial charge in [-0.15, -0.1) is 0 Å². The van der Waals surface area contributed by atoms with Crippen molar-refractivity contribution in [2.45, 2.75) is 77.7 Å². The van der Waals surface area contributed by atoms with E-state index in [1.54, 1.807) is 0 Å². The Morgan fingerprint density at radius 1 is 0.818 bits per heavy atom. The summed E-state index contributed by atoms with van der Waals surface area (Å²) in [6.45, 7) is 3.47. The van der Waals surface area contributed by atoms with Crippen molar-refractivity contribution in [3.8, 4) is 0 Å². The molecular weight excluding hydrogens is 354 g/mol. The minimum atomic E-state index is 0. The minimum Gasteiger partial charge on any atom is -1.00 e. The number of para-hydroxylation sites is 1. The van der Waals surface area contributed by atoms with E-state index in [4.69, 9.17) is 0 Å². The molecule has 2 aromatic rings. The van der Waals surface area contributed by atoms with Crippen molar-refractivity contribution in [1.29, 1.82) is 0 Å². The van der Waals surface area contributed by atoms with E-state index in [9.17, 15) is 0 Å². The van der Waals surface area contributed by atoms with Crippen LogP contribution >= 0.6 is 11.3 Å². The monoisotopic (exact) mass is 383 g/mol. The summed E-state index contributed by atoms with van der Waals surface area (Å²) in [5, 5.41) is 0. The predicted octanol–water partition coefficient (Wildman–Crippen LogP) is 3.11. The van der Waals surface area contributed by atoms with Crippen LogP contribution in [0, 0.1) is 0 Å². The molecule has 0 bridgehead atoms. The molecule has 0 radical (unpaired) electrons. The van der Waals surface area contributed by atoms with Gasteiger partial charge in [0.25, 0.3) is 0 Å². The van der Waals surface area contributed by atoms with Crippen LogP contribution in [0.15, 0.2) is 29.8 Å². The van der Waals surface area contributed by atoms with Crippen molar-refractivity contribution in [3.63, 3.8) is 0 Å². The molecule has 1 aromatic carbocycles. The molecule has 0 saturated carbocycles. The highest BCUT2D eigenvalue weighted by Gasteiger charge is 2.09. The molecule has 0 amide bonds. The highest BCUT2D eigenvalue weighted by atomic mass is 79.9. The Bertz CT molecular complexity index is 509. The van der Waals surface area contributed by atoms with Crippen LogP contribution in [0.3, 0.4) is 0 Å². The Labute approximate surface area is 150 Å². The van der Waals surface area contributed by atoms with Gasteiger partial charge in [0.05, 0.1) is 0 Å². The standard InChI is InChI=1S/C19H30NS.BrH/c1-2-3-4-5-6-7-8-9-10-13-16-20-17-21-19-15-12-11-14-18(19)20;/h11-12,14-15,17H,2-10,13,16H2,1H3;1H/q+1;/p-1. The van der Waals surface area contributed by atoms with Crippen molar-refractivity contribution in [1.82, 2.24) is 0 Å². The lowest BCUT2D eigenvalue weighted by atomic mass is 10.1. The number of halogens is 1. The Morgan fingerprint density at radius 2 is 1.41 bits per heavy atom. The smallest absolute Gasteiger partial charge is 0.225 e. The van der Waals surface area contributed by atoms with E-state index in [-0.39, 0.29) is 17.0 Å². The number of benzene rings is 1. The highest BCUT2D eigenvalue weighted by molar-refractivity contribution is 7.16. The third kappa shape index (κ3) is 6.78. The van der Waals surface area contributed by atoms with Gasteiger partial charge in [-0.05, 0) is 12.5 Å². The van der Waals surface area contributed by atoms with Gasteiger partial charge in [0.1, 0.15) is 11.2 Å². The number of thiazole rings is 1. The zero-order chi connectivity index (χ0) is 14.8. The van der Waals surface area contributed by atoms with E-state index in [1.165, 1.54) is 81.0 Å². The summed E-state index contributed by atoms with van der Waals surface area (Å²) in [6, 6.07) is 8.73. The third-order valence-corrected chi connectivity index (χ3v) is 5.19. The maximum Gasteiger partial charge on any atom is 0.225 e. The lowest BCUT2D eigenvalue weighted by molar-refractivity contribution is -0.667. The molecule has 3 heteroatoms. The van der Waals surface area contributed by atoms with Gasteiger partial charge in [0.2, 0.25) is 11.0 Å². The SMILES string of the molecule is CCCCCCCCCCCC[n+]1csc2ccccc21.[Br-]. The van der Waals surface area contributed by atoms with Crippen molar-refractivity contribution < 1.29 is 21.5 Å². The summed E-state index contributed by atoms with van der Waals surface area (Å²) in [6.07, 6.45) is 14.1. The maximum absolute atomic E-state index is 2.42. The lowest BCUT2D eigenvalue weighted by Gasteiger charge is -2.01. The number of unbranched alkanes of at least 4 members (excludes halogenated alkanes) is 9. The van der Waals surface area contributed by atoms with E-state index >= 15 is 0 Å². The molecule has 1 aromatic heterocycles. The summed E-state index contributed by atoms with van der Waals surface area (Å²) in [7, 11) is 0. The molecule has 1 heterocycles. The fraction of sp³-hybridized carbons (Fsp3) is 0.632. The molecule has 124 valence electrons. The van der Waals surface area contributed by atoms with E-state index in [0.717, 1.165) is 0 Å². The normalized spacial score (nSPS) is 10.8. The number of nitrogens with zero attached hydrogens (tertiary/aromatic N) is 1. The first-order valence-electron chi connectivity index (χ1n) is 8.77. The van der Waals surface area contributed by atoms with Crippen LogP contribution in [-0.2, 0) is 6.54 Å². The van der Waals surface area contributed by atoms with Gasteiger partial charge < -0.3 is 17.0 Å². The average molecular weight is 384 g/mol. The summed E-state index contributed by atoms with van der Waals surface area (Å²) >= 11 is 1.86. The molecule has 2 rings (SSSR count). The Hall–Kier alpha value is -0.410. The summed E-state index contributed by atoms with van der Waals surface area (Å²) in [5.74, 6) is 0. The number of aromatic nitrogens is 1. The van der Waals surface area contributed by atoms with E-state index in [1.807, 2.05) is 11.3 Å². The first-order chi connectivity index (χ1) is 10.4. The fourth-order valence-electron chi connectivity index (χ4n) is 2.91. The highest BCUT2D eigenvalue weighted by Crippen LogP contribution is 2.15. The van der Waals surface area contributed by atoms with Crippen LogP contribution < -0.4 is 21.5 Å². The number of rotatable bonds is 11. The largest absolute Gasteiger partial charge is 1.00 e. The molecule has 0 saturated heterocycles. The summed E-state index contributed by atoms with van der Waals surface area (Å²) < 4.78 is 3.83. The molecule has 0 fully saturated rings. The van der Waals surface area contributed by atoms with Crippen LogP contribution in [0.4, 0.5) is 0 Å². The first kappa shape index (κ1) is 19.6. The molecule has 0 aliphatic heterocycles. The molecule has 1 nitrogen and oxygen atoms in total. The zero-order valence-electron chi connectivity index (χ0n) is 13.9. The zero-order valence-corrected chi connectivity index (χ0v) is 16.3. The van der Waals surface area contributed by atoms with Crippen molar-refractivity contribution >= 4 is 21.6 Å². The van der Waals surface area contributed by atoms with E-state index in [0.29, 0.717) is 0 Å². The van der Waals surface area contributed by atoms with Crippen LogP contribution in [0.5, 0.6) is 0 Å². The number of fused-ring (bicyclic) bond motifs is 1. The van der Waals surface area contributed by atoms with Gasteiger partial charge in [-0.1, -0.05) is 81.8 Å². The minimum absolute atomic E-state index is 0. The van der Waals surface area contributed by atoms with Crippen LogP contribution in [-0.4, -0.2) is 0 Å². The van der Waals surface area contributed by atoms with E-state index in [2.05, 4.69) is 41.3 Å². The molecule has 22 heavy (non-hydrogen) atoms. The van der Waals surface area contributed by atoms with Crippen LogP contribution in [0.25, 0.3) is 10.2 Å². The van der Waals surface area contributed by atoms with Gasteiger partial charge in [-0.2, -0.15) is 4.57 Å². The van der Waals surface area contributed by atoms with E-state index < -0.39 is 0 Å². The predicted molar refractivity (Wildman–Crippen MR) is 93.9 cm³/mol. The van der Waals surface area contributed by atoms with Gasteiger partial charge >= 0.3 is 0 Å². The van der Waals surface area contributed by atoms with Crippen LogP contribution in [0.2, 0.25) is 0 Å². The maximum atomic E-state index is 2.42. The topological polar surface area (TPSA) is 3.88 Å². The first-order valence-corrected chi connectivity index (χ1v) is 9.65. The van der Waals surface area contributed by atoms with Crippen molar-refractivity contribution in [2.75, 3.05) is 0 Å². The number of aryl methyl sites for hydroxylation is 1. The second-order valence-electron chi connectivity index (χ2n) is 6.07. The lowest BCUT2D eigenvalue weighted by Crippen LogP contribution is -3.00. The summed E-state index contributed by atoms with van der Waals surface area (Å²) in [5.41, 5.74) is 3.68. The van der Waals surface area contributed by atoms with Crippen molar-refractivity contribution in [2.24, 2.45) is 0 Å². The molecule has 0 aliphatic carbocycles. The second kappa shape index (κ2) is 12.1. The Morgan fingerprint density at radius 3 is 2.09 bits per heavy atom. The molecular formula is C19H30BrNS. The Kier molecular flexibility index (Phi) is 10.8. The van der Waals surface area contributed by atoms with Crippen LogP contribution in [0.1, 0.15) is 71.1 Å². The van der Waals surface area contributed by atoms with Gasteiger partial charge in [0.15, 0.2) is 0 Å². The number of hydrogen-bond acceptors (Lipinski definition) is 1. The Balaban J connectivity index is 0.00000242. The fourth-order valence-corrected chi connectivity index (χ4v) is 3.84. The summed E-state index contributed by atoms with van der Waals surface area (Å²) in [4.78, 5) is 0. The number of hydrogen-bond donors (Lipinski definition) is 0. The molecule has 0 aliphatic rings. The molecule has 0 spiro atoms. The quantitative estimate of drug-likeness (QED) is 0.414. The van der Waals surface area contributed by atoms with Crippen molar-refractivity contribution in [3.05, 3.63) is 29.8 Å². The van der Waals surface area contributed by atoms with Gasteiger partial charge in [-0.3, -0.25) is 0 Å². The third-order valence-electron chi connectivity index (χ3n) is 4.23. The molecule has 0 unspecified atom stereocenters. The molecule has 0 N–H and O–H groups in total. The van der Waals surface area contributed by atoms with Gasteiger partial charge in [-0.25, -0.2) is 0 Å². The molecule has 0 atom stereocenters. The van der Waals surface area contributed by atoms with Gasteiger partial charge in [0, 0.05) is 12.5 Å². The second-order valence-corrected chi connectivity index (χ2v) is 6.95. The average Bonchev–Trinajstić information content (AvgIpc) is 2.92.